The molecule has 6 heteroatoms. The van der Waals surface area contributed by atoms with Gasteiger partial charge in [-0.25, -0.2) is 4.98 Å². The van der Waals surface area contributed by atoms with Crippen LogP contribution in [0.15, 0.2) is 43.0 Å². The number of nitrogens with one attached hydrogen (secondary N) is 1. The fraction of sp³-hybridized carbons (Fsp3) is 0.0769. The van der Waals surface area contributed by atoms with Crippen LogP contribution in [0.5, 0.6) is 0 Å². The van der Waals surface area contributed by atoms with Crippen LogP contribution in [-0.4, -0.2) is 25.4 Å². The summed E-state index contributed by atoms with van der Waals surface area (Å²) in [6.45, 7) is 0. The molecule has 0 saturated heterocycles. The molecule has 0 saturated carbocycles. The Balaban J connectivity index is 2.00. The summed E-state index contributed by atoms with van der Waals surface area (Å²) in [5.41, 5.74) is 1.75. The summed E-state index contributed by atoms with van der Waals surface area (Å²) >= 11 is 0. The first-order chi connectivity index (χ1) is 9.25. The lowest BCUT2D eigenvalue weighted by atomic mass is 10.1. The van der Waals surface area contributed by atoms with Gasteiger partial charge >= 0.3 is 0 Å². The van der Waals surface area contributed by atoms with E-state index in [1.807, 2.05) is 13.1 Å². The monoisotopic (exact) mass is 253 g/mol. The maximum Gasteiger partial charge on any atom is 0.260 e. The number of imidazole rings is 1. The minimum atomic E-state index is -0.250. The molecule has 0 unspecified atom stereocenters. The van der Waals surface area contributed by atoms with E-state index in [1.165, 1.54) is 0 Å². The molecule has 1 amide bonds. The molecule has 0 bridgehead atoms. The van der Waals surface area contributed by atoms with Gasteiger partial charge in [0.15, 0.2) is 0 Å². The van der Waals surface area contributed by atoms with E-state index in [4.69, 9.17) is 0 Å². The Morgan fingerprint density at radius 1 is 1.16 bits per heavy atom. The van der Waals surface area contributed by atoms with Crippen LogP contribution in [0, 0.1) is 0 Å². The maximum absolute atomic E-state index is 12.2. The fourth-order valence-corrected chi connectivity index (χ4v) is 1.83. The zero-order chi connectivity index (χ0) is 13.2. The lowest BCUT2D eigenvalue weighted by molar-refractivity contribution is 0.102. The average Bonchev–Trinajstić information content (AvgIpc) is 2.83. The van der Waals surface area contributed by atoms with Gasteiger partial charge in [-0.15, -0.1) is 0 Å². The number of aromatic nitrogens is 4. The van der Waals surface area contributed by atoms with Crippen molar-refractivity contribution in [1.29, 1.82) is 0 Å². The van der Waals surface area contributed by atoms with Crippen molar-refractivity contribution in [3.63, 3.8) is 0 Å². The second kappa shape index (κ2) is 4.49. The van der Waals surface area contributed by atoms with Crippen molar-refractivity contribution in [3.05, 3.63) is 48.5 Å². The van der Waals surface area contributed by atoms with E-state index in [2.05, 4.69) is 20.3 Å². The van der Waals surface area contributed by atoms with Gasteiger partial charge in [-0.3, -0.25) is 20.1 Å². The van der Waals surface area contributed by atoms with Crippen molar-refractivity contribution in [2.24, 2.45) is 7.05 Å². The van der Waals surface area contributed by atoms with Crippen molar-refractivity contribution in [3.8, 4) is 0 Å². The topological polar surface area (TPSA) is 72.7 Å². The molecule has 0 aliphatic rings. The highest BCUT2D eigenvalue weighted by Crippen LogP contribution is 2.15. The highest BCUT2D eigenvalue weighted by molar-refractivity contribution is 6.10. The molecule has 2 heterocycles. The minimum absolute atomic E-state index is 0.250. The zero-order valence-corrected chi connectivity index (χ0v) is 10.2. The third kappa shape index (κ3) is 2.03. The summed E-state index contributed by atoms with van der Waals surface area (Å²) < 4.78 is 1.73. The number of fused-ring (bicyclic) bond motifs is 1. The highest BCUT2D eigenvalue weighted by atomic mass is 16.1. The van der Waals surface area contributed by atoms with Crippen LogP contribution in [0.1, 0.15) is 10.4 Å². The summed E-state index contributed by atoms with van der Waals surface area (Å²) in [6, 6.07) is 5.32. The maximum atomic E-state index is 12.2. The van der Waals surface area contributed by atoms with Gasteiger partial charge < -0.3 is 4.57 Å². The number of carbonyl (C=O) groups is 1. The normalized spacial score (nSPS) is 10.6. The van der Waals surface area contributed by atoms with Crippen LogP contribution in [0.25, 0.3) is 11.0 Å². The second-order valence-corrected chi connectivity index (χ2v) is 4.05. The van der Waals surface area contributed by atoms with Crippen LogP contribution < -0.4 is 5.32 Å². The van der Waals surface area contributed by atoms with Gasteiger partial charge in [0.2, 0.25) is 5.95 Å². The number of hydrogen-bond acceptors (Lipinski definition) is 4. The molecule has 0 fully saturated rings. The van der Waals surface area contributed by atoms with Crippen LogP contribution in [0.3, 0.4) is 0 Å². The third-order valence-electron chi connectivity index (χ3n) is 2.79. The van der Waals surface area contributed by atoms with E-state index in [9.17, 15) is 4.79 Å². The Morgan fingerprint density at radius 2 is 2.00 bits per heavy atom. The molecule has 0 atom stereocenters. The lowest BCUT2D eigenvalue weighted by Gasteiger charge is -2.06. The summed E-state index contributed by atoms with van der Waals surface area (Å²) in [6.07, 6.45) is 6.56. The average molecular weight is 253 g/mol. The number of para-hydroxylation sites is 1. The molecule has 0 aliphatic heterocycles. The first-order valence-electron chi connectivity index (χ1n) is 5.74. The van der Waals surface area contributed by atoms with Gasteiger partial charge in [0.05, 0.1) is 11.1 Å². The van der Waals surface area contributed by atoms with Crippen molar-refractivity contribution in [2.75, 3.05) is 5.32 Å². The summed E-state index contributed by atoms with van der Waals surface area (Å²) in [7, 11) is 1.81. The van der Waals surface area contributed by atoms with Gasteiger partial charge in [-0.2, -0.15) is 0 Å². The van der Waals surface area contributed by atoms with Crippen molar-refractivity contribution < 1.29 is 4.79 Å². The van der Waals surface area contributed by atoms with E-state index in [0.29, 0.717) is 22.5 Å². The number of anilines is 1. The smallest absolute Gasteiger partial charge is 0.260 e. The quantitative estimate of drug-likeness (QED) is 0.753. The Bertz CT molecular complexity index is 744. The standard InChI is InChI=1S/C13H11N5O/c1-18-8-7-16-13(18)17-12(19)9-3-2-4-10-11(9)15-6-5-14-10/h2-8H,1H3,(H,16,17,19). The van der Waals surface area contributed by atoms with Crippen LogP contribution >= 0.6 is 0 Å². The summed E-state index contributed by atoms with van der Waals surface area (Å²) in [5.74, 6) is 0.242. The molecule has 0 radical (unpaired) electrons. The van der Waals surface area contributed by atoms with Gasteiger partial charge in [-0.1, -0.05) is 6.07 Å². The molecule has 0 aliphatic carbocycles. The van der Waals surface area contributed by atoms with Crippen molar-refractivity contribution in [1.82, 2.24) is 19.5 Å². The number of amides is 1. The predicted octanol–water partition coefficient (Wildman–Crippen LogP) is 1.62. The molecular weight excluding hydrogens is 242 g/mol. The van der Waals surface area contributed by atoms with Crippen LogP contribution in [-0.2, 0) is 7.05 Å². The molecule has 0 spiro atoms. The number of carbonyl (C=O) groups excluding carboxylic acids is 1. The van der Waals surface area contributed by atoms with E-state index in [1.54, 1.807) is 41.5 Å². The molecule has 3 rings (SSSR count). The Hall–Kier alpha value is -2.76. The van der Waals surface area contributed by atoms with Crippen LogP contribution in [0.2, 0.25) is 0 Å². The molecule has 1 N–H and O–H groups in total. The number of nitrogens with zero attached hydrogens (tertiary/aromatic N) is 4. The van der Waals surface area contributed by atoms with E-state index < -0.39 is 0 Å². The second-order valence-electron chi connectivity index (χ2n) is 4.05. The number of aryl methyl sites for hydroxylation is 1. The molecular formula is C13H11N5O. The third-order valence-corrected chi connectivity index (χ3v) is 2.79. The van der Waals surface area contributed by atoms with Crippen molar-refractivity contribution >= 4 is 22.9 Å². The molecule has 6 nitrogen and oxygen atoms in total. The Labute approximate surface area is 109 Å². The fourth-order valence-electron chi connectivity index (χ4n) is 1.83. The number of rotatable bonds is 2. The summed E-state index contributed by atoms with van der Waals surface area (Å²) in [4.78, 5) is 24.7. The first kappa shape index (κ1) is 11.3. The molecule has 1 aromatic carbocycles. The van der Waals surface area contributed by atoms with Gasteiger partial charge in [0.1, 0.15) is 5.52 Å². The summed E-state index contributed by atoms with van der Waals surface area (Å²) in [5, 5.41) is 2.74. The van der Waals surface area contributed by atoms with E-state index in [0.717, 1.165) is 0 Å². The largest absolute Gasteiger partial charge is 0.320 e. The molecule has 19 heavy (non-hydrogen) atoms. The molecule has 2 aromatic heterocycles. The van der Waals surface area contributed by atoms with E-state index >= 15 is 0 Å². The Morgan fingerprint density at radius 3 is 2.79 bits per heavy atom. The van der Waals surface area contributed by atoms with Gasteiger partial charge in [0, 0.05) is 31.8 Å². The first-order valence-corrected chi connectivity index (χ1v) is 5.74. The molecule has 3 aromatic rings. The van der Waals surface area contributed by atoms with Gasteiger partial charge in [0.25, 0.3) is 5.91 Å². The minimum Gasteiger partial charge on any atom is -0.320 e. The number of hydrogen-bond donors (Lipinski definition) is 1. The van der Waals surface area contributed by atoms with E-state index in [-0.39, 0.29) is 5.91 Å². The van der Waals surface area contributed by atoms with Gasteiger partial charge in [-0.05, 0) is 12.1 Å². The molecule has 94 valence electrons. The predicted molar refractivity (Wildman–Crippen MR) is 70.7 cm³/mol. The SMILES string of the molecule is Cn1ccnc1NC(=O)c1cccc2nccnc12. The number of benzene rings is 1. The van der Waals surface area contributed by atoms with Crippen molar-refractivity contribution in [2.45, 2.75) is 0 Å². The van der Waals surface area contributed by atoms with Crippen LogP contribution in [0.4, 0.5) is 5.95 Å². The lowest BCUT2D eigenvalue weighted by Crippen LogP contribution is -2.15. The zero-order valence-electron chi connectivity index (χ0n) is 10.2. The Kier molecular flexibility index (Phi) is 2.68. The highest BCUT2D eigenvalue weighted by Gasteiger charge is 2.13.